The largest absolute Gasteiger partial charge is 0.490 e. The normalized spacial score (nSPS) is 13.6. The maximum absolute atomic E-state index is 12.7. The summed E-state index contributed by atoms with van der Waals surface area (Å²) in [4.78, 5) is 20.9. The number of aromatic nitrogens is 4. The van der Waals surface area contributed by atoms with E-state index in [2.05, 4.69) is 43.9 Å². The Balaban J connectivity index is 1.43. The second-order valence-electron chi connectivity index (χ2n) is 9.86. The predicted molar refractivity (Wildman–Crippen MR) is 150 cm³/mol. The molecule has 1 aliphatic rings. The molecule has 1 aliphatic carbocycles. The van der Waals surface area contributed by atoms with Gasteiger partial charge in [0.05, 0.1) is 29.7 Å². The lowest BCUT2D eigenvalue weighted by Crippen LogP contribution is -2.31. The van der Waals surface area contributed by atoms with Crippen LogP contribution in [0.15, 0.2) is 61.1 Å². The van der Waals surface area contributed by atoms with Crippen LogP contribution in [0.3, 0.4) is 0 Å². The zero-order valence-electron chi connectivity index (χ0n) is 21.8. The van der Waals surface area contributed by atoms with Crippen molar-refractivity contribution < 1.29 is 9.53 Å². The molecule has 0 saturated heterocycles. The Morgan fingerprint density at radius 1 is 1.08 bits per heavy atom. The van der Waals surface area contributed by atoms with Crippen molar-refractivity contribution in [2.24, 2.45) is 7.05 Å². The third-order valence-electron chi connectivity index (χ3n) is 7.23. The Kier molecular flexibility index (Phi) is 6.55. The standard InChI is InChI=1S/C30H32N6O2/c1-3-31-13-14-32-30(37)20-9-7-19(8-10-20)28-27(38-22-5-4-6-22)12-11-24-29(28)23-15-25(33-17-26(23)35-24)21-16-34-36(2)18-21/h7-12,15-18,22,31,35H,3-6,13-14H2,1-2H3,(H,32,37). The quantitative estimate of drug-likeness (QED) is 0.242. The maximum Gasteiger partial charge on any atom is 0.251 e. The molecule has 6 rings (SSSR count). The molecule has 3 aromatic heterocycles. The van der Waals surface area contributed by atoms with Crippen LogP contribution < -0.4 is 15.4 Å². The number of hydrogen-bond acceptors (Lipinski definition) is 5. The highest BCUT2D eigenvalue weighted by Gasteiger charge is 2.23. The summed E-state index contributed by atoms with van der Waals surface area (Å²) in [6, 6.07) is 14.1. The van der Waals surface area contributed by atoms with Crippen LogP contribution >= 0.6 is 0 Å². The van der Waals surface area contributed by atoms with Gasteiger partial charge in [0.2, 0.25) is 0 Å². The fraction of sp³-hybridized carbons (Fsp3) is 0.300. The van der Waals surface area contributed by atoms with Gasteiger partial charge in [0.25, 0.3) is 5.91 Å². The third-order valence-corrected chi connectivity index (χ3v) is 7.23. The van der Waals surface area contributed by atoms with Gasteiger partial charge in [-0.3, -0.25) is 14.5 Å². The zero-order chi connectivity index (χ0) is 26.1. The van der Waals surface area contributed by atoms with Gasteiger partial charge in [0, 0.05) is 59.3 Å². The molecule has 38 heavy (non-hydrogen) atoms. The summed E-state index contributed by atoms with van der Waals surface area (Å²) in [5.74, 6) is 0.795. The van der Waals surface area contributed by atoms with E-state index in [0.29, 0.717) is 12.1 Å². The van der Waals surface area contributed by atoms with Crippen molar-refractivity contribution in [3.63, 3.8) is 0 Å². The molecule has 1 saturated carbocycles. The second kappa shape index (κ2) is 10.3. The van der Waals surface area contributed by atoms with Gasteiger partial charge in [-0.05, 0) is 61.7 Å². The van der Waals surface area contributed by atoms with E-state index in [0.717, 1.165) is 75.9 Å². The Morgan fingerprint density at radius 2 is 1.92 bits per heavy atom. The molecule has 2 aromatic carbocycles. The van der Waals surface area contributed by atoms with E-state index in [4.69, 9.17) is 4.74 Å². The van der Waals surface area contributed by atoms with E-state index in [1.807, 2.05) is 56.8 Å². The Hall–Kier alpha value is -4.17. The number of rotatable bonds is 9. The van der Waals surface area contributed by atoms with Gasteiger partial charge in [-0.1, -0.05) is 19.1 Å². The molecule has 0 bridgehead atoms. The number of aryl methyl sites for hydroxylation is 1. The number of aromatic amines is 1. The third kappa shape index (κ3) is 4.63. The van der Waals surface area contributed by atoms with E-state index in [9.17, 15) is 4.79 Å². The van der Waals surface area contributed by atoms with Crippen molar-refractivity contribution in [2.75, 3.05) is 19.6 Å². The molecule has 0 spiro atoms. The first-order valence-electron chi connectivity index (χ1n) is 13.3. The summed E-state index contributed by atoms with van der Waals surface area (Å²) >= 11 is 0. The lowest BCUT2D eigenvalue weighted by molar-refractivity contribution is 0.0954. The molecule has 1 fully saturated rings. The van der Waals surface area contributed by atoms with E-state index >= 15 is 0 Å². The number of hydrogen-bond donors (Lipinski definition) is 3. The summed E-state index contributed by atoms with van der Waals surface area (Å²) < 4.78 is 8.29. The second-order valence-corrected chi connectivity index (χ2v) is 9.86. The van der Waals surface area contributed by atoms with E-state index in [1.165, 1.54) is 6.42 Å². The summed E-state index contributed by atoms with van der Waals surface area (Å²) in [6.45, 7) is 4.28. The molecule has 1 amide bonds. The number of pyridine rings is 1. The molecule has 3 heterocycles. The SMILES string of the molecule is CCNCCNC(=O)c1ccc(-c2c(OC3CCC3)ccc3[nH]c4cnc(-c5cnn(C)c5)cc4c23)cc1. The average molecular weight is 509 g/mol. The molecule has 8 heteroatoms. The number of ether oxygens (including phenoxy) is 1. The molecular formula is C30H32N6O2. The van der Waals surface area contributed by atoms with Crippen molar-refractivity contribution in [1.82, 2.24) is 30.4 Å². The average Bonchev–Trinajstić information content (AvgIpc) is 3.51. The maximum atomic E-state index is 12.7. The van der Waals surface area contributed by atoms with E-state index in [-0.39, 0.29) is 12.0 Å². The predicted octanol–water partition coefficient (Wildman–Crippen LogP) is 5.05. The molecule has 8 nitrogen and oxygen atoms in total. The minimum absolute atomic E-state index is 0.0714. The Bertz CT molecular complexity index is 1600. The van der Waals surface area contributed by atoms with Crippen LogP contribution in [0, 0.1) is 0 Å². The van der Waals surface area contributed by atoms with Crippen molar-refractivity contribution in [3.8, 4) is 28.1 Å². The minimum atomic E-state index is -0.0714. The van der Waals surface area contributed by atoms with Gasteiger partial charge in [-0.15, -0.1) is 0 Å². The van der Waals surface area contributed by atoms with Crippen LogP contribution in [0.2, 0.25) is 0 Å². The number of H-pyrrole nitrogens is 1. The van der Waals surface area contributed by atoms with Crippen molar-refractivity contribution in [1.29, 1.82) is 0 Å². The molecular weight excluding hydrogens is 476 g/mol. The minimum Gasteiger partial charge on any atom is -0.490 e. The highest BCUT2D eigenvalue weighted by atomic mass is 16.5. The lowest BCUT2D eigenvalue weighted by Gasteiger charge is -2.28. The number of fused-ring (bicyclic) bond motifs is 3. The van der Waals surface area contributed by atoms with E-state index < -0.39 is 0 Å². The van der Waals surface area contributed by atoms with Gasteiger partial charge in [-0.25, -0.2) is 0 Å². The van der Waals surface area contributed by atoms with Crippen LogP contribution in [0.25, 0.3) is 44.2 Å². The van der Waals surface area contributed by atoms with Crippen LogP contribution in [0.4, 0.5) is 0 Å². The molecule has 5 aromatic rings. The highest BCUT2D eigenvalue weighted by Crippen LogP contribution is 2.43. The lowest BCUT2D eigenvalue weighted by atomic mass is 9.94. The number of nitrogens with zero attached hydrogens (tertiary/aromatic N) is 3. The first-order chi connectivity index (χ1) is 18.6. The molecule has 0 aliphatic heterocycles. The first kappa shape index (κ1) is 24.2. The number of carbonyl (C=O) groups is 1. The van der Waals surface area contributed by atoms with Gasteiger partial charge in [0.1, 0.15) is 5.75 Å². The molecule has 0 unspecified atom stereocenters. The zero-order valence-corrected chi connectivity index (χ0v) is 21.8. The molecule has 194 valence electrons. The van der Waals surface area contributed by atoms with Gasteiger partial charge >= 0.3 is 0 Å². The number of likely N-dealkylation sites (N-methyl/N-ethyl adjacent to an activating group) is 1. The number of nitrogens with one attached hydrogen (secondary N) is 3. The molecule has 0 atom stereocenters. The Labute approximate surface area is 221 Å². The van der Waals surface area contributed by atoms with Crippen molar-refractivity contribution in [2.45, 2.75) is 32.3 Å². The number of carbonyl (C=O) groups excluding carboxylic acids is 1. The molecule has 0 radical (unpaired) electrons. The summed E-state index contributed by atoms with van der Waals surface area (Å²) in [5.41, 5.74) is 6.50. The summed E-state index contributed by atoms with van der Waals surface area (Å²) in [5, 5.41) is 12.7. The van der Waals surface area contributed by atoms with Crippen LogP contribution in [-0.2, 0) is 7.05 Å². The topological polar surface area (TPSA) is 96.9 Å². The van der Waals surface area contributed by atoms with Gasteiger partial charge in [-0.2, -0.15) is 5.10 Å². The fourth-order valence-electron chi connectivity index (χ4n) is 4.97. The van der Waals surface area contributed by atoms with Crippen molar-refractivity contribution in [3.05, 3.63) is 66.6 Å². The van der Waals surface area contributed by atoms with Gasteiger partial charge in [0.15, 0.2) is 0 Å². The molecule has 3 N–H and O–H groups in total. The summed E-state index contributed by atoms with van der Waals surface area (Å²) in [6.07, 6.45) is 9.28. The smallest absolute Gasteiger partial charge is 0.251 e. The van der Waals surface area contributed by atoms with Crippen LogP contribution in [-0.4, -0.2) is 51.4 Å². The number of benzene rings is 2. The van der Waals surface area contributed by atoms with Crippen LogP contribution in [0.5, 0.6) is 5.75 Å². The van der Waals surface area contributed by atoms with E-state index in [1.54, 1.807) is 4.68 Å². The monoisotopic (exact) mass is 508 g/mol. The fourth-order valence-corrected chi connectivity index (χ4v) is 4.97. The first-order valence-corrected chi connectivity index (χ1v) is 13.3. The summed E-state index contributed by atoms with van der Waals surface area (Å²) in [7, 11) is 1.90. The van der Waals surface area contributed by atoms with Crippen molar-refractivity contribution >= 4 is 27.7 Å². The van der Waals surface area contributed by atoms with Gasteiger partial charge < -0.3 is 20.4 Å². The highest BCUT2D eigenvalue weighted by molar-refractivity contribution is 6.16. The number of amides is 1. The Morgan fingerprint density at radius 3 is 2.63 bits per heavy atom. The van der Waals surface area contributed by atoms with Crippen LogP contribution in [0.1, 0.15) is 36.5 Å².